The Bertz CT molecular complexity index is 2150. The fraction of sp³-hybridized carbons (Fsp3) is 0.200. The van der Waals surface area contributed by atoms with E-state index in [9.17, 15) is 13.2 Å². The Morgan fingerprint density at radius 2 is 0.980 bits per heavy atom. The van der Waals surface area contributed by atoms with E-state index < -0.39 is 10.1 Å². The molecule has 0 saturated heterocycles. The first kappa shape index (κ1) is 36.4. The minimum Gasteiger partial charge on any atom is -0.360 e. The van der Waals surface area contributed by atoms with Gasteiger partial charge < -0.3 is 9.17 Å². The molecule has 0 unspecified atom stereocenters. The molecule has 0 bridgehead atoms. The van der Waals surface area contributed by atoms with Crippen molar-refractivity contribution in [2.75, 3.05) is 6.26 Å². The molecular formula is C40H44N4O4S. The third-order valence-electron chi connectivity index (χ3n) is 7.10. The highest BCUT2D eigenvalue weighted by Crippen LogP contribution is 2.31. The minimum atomic E-state index is -3.67. The van der Waals surface area contributed by atoms with E-state index in [4.69, 9.17) is 5.55 Å². The molecule has 8 nitrogen and oxygen atoms in total. The minimum absolute atomic E-state index is 0. The summed E-state index contributed by atoms with van der Waals surface area (Å²) in [5, 5.41) is 0. The van der Waals surface area contributed by atoms with Gasteiger partial charge in [0.05, 0.1) is 35.7 Å². The summed E-state index contributed by atoms with van der Waals surface area (Å²) in [7, 11) is -3.67. The van der Waals surface area contributed by atoms with E-state index in [2.05, 4.69) is 19.9 Å². The molecule has 1 N–H and O–H groups in total. The maximum absolute atomic E-state index is 11.7. The summed E-state index contributed by atoms with van der Waals surface area (Å²) in [6.45, 7) is 10.4. The van der Waals surface area contributed by atoms with E-state index in [-0.39, 0.29) is 18.9 Å². The van der Waals surface area contributed by atoms with Gasteiger partial charge in [-0.2, -0.15) is 8.42 Å². The van der Waals surface area contributed by atoms with E-state index in [1.807, 2.05) is 125 Å². The Labute approximate surface area is 291 Å². The maximum Gasteiger partial charge on any atom is 0.307 e. The molecular weight excluding hydrogens is 633 g/mol. The predicted molar refractivity (Wildman–Crippen MR) is 201 cm³/mol. The number of H-pyrrole nitrogens is 1. The van der Waals surface area contributed by atoms with E-state index in [0.717, 1.165) is 51.0 Å². The molecule has 0 amide bonds. The molecule has 49 heavy (non-hydrogen) atoms. The number of aromatic nitrogens is 4. The molecule has 0 spiro atoms. The van der Waals surface area contributed by atoms with Gasteiger partial charge in [-0.05, 0) is 27.7 Å². The van der Waals surface area contributed by atoms with Crippen LogP contribution in [0.2, 0.25) is 0 Å². The second kappa shape index (κ2) is 17.1. The smallest absolute Gasteiger partial charge is 0.307 e. The largest absolute Gasteiger partial charge is 0.360 e. The standard InChI is InChI=1S/C19H18N2O3S.C18H16N2O.C2H6.CH4/c1-13-4-8-15(9-5-13)18-19(16-10-6-14(2)7-11-16)21-17(12-20-18)24-25(3,22)23;1-12-3-7-14(8-4-12)17-18(20-16(21)11-19-17)15-9-5-13(2)6-10-15;1-2;/h4-12H,1-3H3;3-11H,1-2H3,(H,20,21);1-2H3;1H4/i;;1D;. The van der Waals surface area contributed by atoms with Gasteiger partial charge in [0.1, 0.15) is 5.69 Å². The van der Waals surface area contributed by atoms with Crippen molar-refractivity contribution in [2.45, 2.75) is 48.9 Å². The third-order valence-corrected chi connectivity index (χ3v) is 7.57. The highest BCUT2D eigenvalue weighted by Gasteiger charge is 2.15. The van der Waals surface area contributed by atoms with Crippen LogP contribution >= 0.6 is 0 Å². The van der Waals surface area contributed by atoms with E-state index >= 15 is 0 Å². The summed E-state index contributed by atoms with van der Waals surface area (Å²) in [4.78, 5) is 27.7. The highest BCUT2D eigenvalue weighted by molar-refractivity contribution is 7.86. The molecule has 4 aromatic carbocycles. The van der Waals surface area contributed by atoms with Gasteiger partial charge in [0.15, 0.2) is 0 Å². The van der Waals surface area contributed by atoms with Crippen molar-refractivity contribution in [3.05, 3.63) is 142 Å². The van der Waals surface area contributed by atoms with Crippen LogP contribution in [-0.4, -0.2) is 34.6 Å². The molecule has 0 aliphatic rings. The van der Waals surface area contributed by atoms with Crippen molar-refractivity contribution < 1.29 is 14.0 Å². The Kier molecular flexibility index (Phi) is 12.7. The van der Waals surface area contributed by atoms with Crippen LogP contribution < -0.4 is 9.74 Å². The van der Waals surface area contributed by atoms with Gasteiger partial charge in [0.25, 0.3) is 11.4 Å². The lowest BCUT2D eigenvalue weighted by Gasteiger charge is -2.11. The molecule has 0 radical (unpaired) electrons. The molecule has 2 heterocycles. The molecule has 0 aliphatic carbocycles. The SMILES string of the molecule is C.Cc1ccc(-c2ncc(=O)[nH]c2-c2ccc(C)cc2)cc1.Cc1ccc(-c2ncc(OS(C)(=O)=O)nc2-c2ccc(C)cc2)cc1.[2H]CC. The topological polar surface area (TPSA) is 115 Å². The second-order valence-corrected chi connectivity index (χ2v) is 12.7. The molecule has 9 heteroatoms. The van der Waals surface area contributed by atoms with E-state index in [0.29, 0.717) is 18.3 Å². The molecule has 2 aromatic heterocycles. The Morgan fingerprint density at radius 1 is 0.612 bits per heavy atom. The molecule has 0 atom stereocenters. The summed E-state index contributed by atoms with van der Waals surface area (Å²) in [5.74, 6) is -0.0473. The fourth-order valence-corrected chi connectivity index (χ4v) is 5.06. The van der Waals surface area contributed by atoms with Gasteiger partial charge in [-0.1, -0.05) is 141 Å². The summed E-state index contributed by atoms with van der Waals surface area (Å²) in [5.41, 5.74) is 10.9. The number of nitrogens with zero attached hydrogens (tertiary/aromatic N) is 3. The van der Waals surface area contributed by atoms with Crippen molar-refractivity contribution >= 4 is 10.1 Å². The summed E-state index contributed by atoms with van der Waals surface area (Å²) >= 11 is 0. The number of aryl methyl sites for hydroxylation is 4. The lowest BCUT2D eigenvalue weighted by atomic mass is 10.0. The van der Waals surface area contributed by atoms with E-state index in [1.54, 1.807) is 6.92 Å². The Morgan fingerprint density at radius 3 is 1.41 bits per heavy atom. The number of nitrogens with one attached hydrogen (secondary N) is 1. The van der Waals surface area contributed by atoms with E-state index in [1.165, 1.54) is 23.5 Å². The molecule has 6 rings (SSSR count). The zero-order valence-electron chi connectivity index (χ0n) is 29.0. The first-order valence-electron chi connectivity index (χ1n) is 16.0. The predicted octanol–water partition coefficient (Wildman–Crippen LogP) is 9.15. The number of benzene rings is 4. The first-order chi connectivity index (χ1) is 23.4. The quantitative estimate of drug-likeness (QED) is 0.175. The lowest BCUT2D eigenvalue weighted by Crippen LogP contribution is -2.08. The fourth-order valence-electron chi connectivity index (χ4n) is 4.67. The van der Waals surface area contributed by atoms with Gasteiger partial charge in [0.2, 0.25) is 0 Å². The van der Waals surface area contributed by atoms with Gasteiger partial charge >= 0.3 is 10.1 Å². The Hall–Kier alpha value is -5.41. The van der Waals surface area contributed by atoms with Crippen LogP contribution in [0.5, 0.6) is 5.88 Å². The number of hydrogen-bond donors (Lipinski definition) is 1. The van der Waals surface area contributed by atoms with Gasteiger partial charge in [-0.3, -0.25) is 4.79 Å². The van der Waals surface area contributed by atoms with Crippen LogP contribution in [0.1, 0.15) is 44.9 Å². The average Bonchev–Trinajstić information content (AvgIpc) is 3.06. The van der Waals surface area contributed by atoms with Crippen LogP contribution in [0, 0.1) is 27.7 Å². The van der Waals surface area contributed by atoms with Crippen LogP contribution in [0.4, 0.5) is 0 Å². The van der Waals surface area contributed by atoms with Crippen molar-refractivity contribution in [2.24, 2.45) is 0 Å². The van der Waals surface area contributed by atoms with Crippen LogP contribution in [-0.2, 0) is 10.1 Å². The summed E-state index contributed by atoms with van der Waals surface area (Å²) < 4.78 is 33.9. The second-order valence-electron chi connectivity index (χ2n) is 11.1. The Balaban J connectivity index is 0.000000249. The maximum atomic E-state index is 11.7. The summed E-state index contributed by atoms with van der Waals surface area (Å²) in [6.07, 6.45) is 3.63. The van der Waals surface area contributed by atoms with Crippen molar-refractivity contribution in [1.82, 2.24) is 19.9 Å². The molecule has 0 aliphatic heterocycles. The monoisotopic (exact) mass is 677 g/mol. The molecule has 254 valence electrons. The van der Waals surface area contributed by atoms with Crippen LogP contribution in [0.15, 0.2) is 114 Å². The van der Waals surface area contributed by atoms with Crippen molar-refractivity contribution in [3.63, 3.8) is 0 Å². The lowest BCUT2D eigenvalue weighted by molar-refractivity contribution is 0.481. The number of aromatic amines is 1. The first-order valence-corrected chi connectivity index (χ1v) is 17.1. The van der Waals surface area contributed by atoms with Crippen LogP contribution in [0.3, 0.4) is 0 Å². The van der Waals surface area contributed by atoms with Gasteiger partial charge in [0, 0.05) is 23.6 Å². The highest BCUT2D eigenvalue weighted by atomic mass is 32.2. The third kappa shape index (κ3) is 10.5. The van der Waals surface area contributed by atoms with Gasteiger partial charge in [-0.25, -0.2) is 15.0 Å². The molecule has 0 fully saturated rings. The molecule has 6 aromatic rings. The number of hydrogen-bond acceptors (Lipinski definition) is 7. The number of rotatable bonds is 6. The van der Waals surface area contributed by atoms with Crippen LogP contribution in [0.25, 0.3) is 45.0 Å². The zero-order chi connectivity index (χ0) is 35.6. The zero-order valence-corrected chi connectivity index (χ0v) is 28.8. The van der Waals surface area contributed by atoms with Crippen molar-refractivity contribution in [3.8, 4) is 50.9 Å². The average molecular weight is 678 g/mol. The summed E-state index contributed by atoms with van der Waals surface area (Å²) in [6, 6.07) is 31.9. The van der Waals surface area contributed by atoms with Gasteiger partial charge in [-0.15, -0.1) is 0 Å². The normalized spacial score (nSPS) is 10.7. The molecule has 0 saturated carbocycles. The van der Waals surface area contributed by atoms with Crippen molar-refractivity contribution in [1.29, 1.82) is 0 Å².